The fraction of sp³-hybridized carbons (Fsp3) is 0.708. The second-order valence-corrected chi connectivity index (χ2v) is 7.04. The molecule has 6 nitrogen and oxygen atoms in total. The van der Waals surface area contributed by atoms with E-state index in [2.05, 4.69) is 0 Å². The van der Waals surface area contributed by atoms with Crippen molar-refractivity contribution in [3.05, 3.63) is 23.2 Å². The molecule has 1 aromatic carbocycles. The Hall–Kier alpha value is -1.79. The van der Waals surface area contributed by atoms with Gasteiger partial charge in [0.25, 0.3) is 0 Å². The molecule has 0 aliphatic carbocycles. The molecule has 0 amide bonds. The highest BCUT2D eigenvalue weighted by molar-refractivity contribution is 5.76. The first-order valence-electron chi connectivity index (χ1n) is 19.1. The van der Waals surface area contributed by atoms with E-state index < -0.39 is 123 Å². The van der Waals surface area contributed by atoms with E-state index in [0.29, 0.717) is 6.92 Å². The van der Waals surface area contributed by atoms with Gasteiger partial charge in [0.05, 0.1) is 21.0 Å². The lowest BCUT2D eigenvalue weighted by atomic mass is 9.79. The van der Waals surface area contributed by atoms with Crippen molar-refractivity contribution in [2.45, 2.75) is 64.9 Å². The average molecular weight is 439 g/mol. The van der Waals surface area contributed by atoms with E-state index >= 15 is 0 Å². The maximum Gasteiger partial charge on any atom is 0.323 e. The Labute approximate surface area is 209 Å². The number of benzene rings is 1. The molecule has 0 aromatic heterocycles. The van der Waals surface area contributed by atoms with Crippen LogP contribution in [0.5, 0.6) is 11.5 Å². The number of carbonyl (C=O) groups excluding carboxylic acids is 1. The van der Waals surface area contributed by atoms with Crippen LogP contribution < -0.4 is 15.2 Å². The molecule has 0 saturated carbocycles. The summed E-state index contributed by atoms with van der Waals surface area (Å²) in [7, 11) is -2.47. The number of hydrogen-bond donors (Lipinski definition) is 1. The second-order valence-electron chi connectivity index (χ2n) is 7.04. The Morgan fingerprint density at radius 2 is 2.23 bits per heavy atom. The Kier molecular flexibility index (Phi) is 2.64. The lowest BCUT2D eigenvalue weighted by Crippen LogP contribution is -2.51. The van der Waals surface area contributed by atoms with Crippen LogP contribution in [0.2, 0.25) is 0 Å². The van der Waals surface area contributed by atoms with Gasteiger partial charge < -0.3 is 19.9 Å². The summed E-state index contributed by atoms with van der Waals surface area (Å²) in [6.45, 7) is -8.50. The van der Waals surface area contributed by atoms with Crippen LogP contribution in [0.25, 0.3) is 0 Å². The molecule has 2 N–H and O–H groups in total. The van der Waals surface area contributed by atoms with Gasteiger partial charge in [-0.3, -0.25) is 9.69 Å². The van der Waals surface area contributed by atoms with Crippen LogP contribution in [-0.4, -0.2) is 50.2 Å². The largest absolute Gasteiger partial charge is 0.493 e. The fourth-order valence-electron chi connectivity index (χ4n) is 2.83. The molecule has 3 rings (SSSR count). The third-order valence-corrected chi connectivity index (χ3v) is 4.46. The van der Waals surface area contributed by atoms with E-state index in [4.69, 9.17) is 40.5 Å². The van der Waals surface area contributed by atoms with Crippen molar-refractivity contribution in [2.24, 2.45) is 23.4 Å². The molecular formula is C24H38N2O4. The molecule has 1 aromatic rings. The second kappa shape index (κ2) is 9.56. The lowest BCUT2D eigenvalue weighted by molar-refractivity contribution is -0.160. The summed E-state index contributed by atoms with van der Waals surface area (Å²) in [5, 5.41) is 0. The van der Waals surface area contributed by atoms with E-state index in [-0.39, 0.29) is 4.90 Å². The van der Waals surface area contributed by atoms with E-state index in [1.165, 1.54) is 13.8 Å². The van der Waals surface area contributed by atoms with Gasteiger partial charge in [0.2, 0.25) is 0 Å². The van der Waals surface area contributed by atoms with E-state index in [1.807, 2.05) is 0 Å². The number of rotatable bonds is 7. The minimum absolute atomic E-state index is 0.267. The van der Waals surface area contributed by atoms with Gasteiger partial charge in [0.1, 0.15) is 12.1 Å². The Morgan fingerprint density at radius 3 is 2.90 bits per heavy atom. The maximum absolute atomic E-state index is 13.3. The van der Waals surface area contributed by atoms with Gasteiger partial charge in [-0.15, -0.1) is 0 Å². The number of ether oxygens (including phenoxy) is 3. The van der Waals surface area contributed by atoms with Gasteiger partial charge in [-0.2, -0.15) is 0 Å². The molecular weight excluding hydrogens is 380 g/mol. The van der Waals surface area contributed by atoms with Crippen LogP contribution >= 0.6 is 0 Å². The number of fused-ring (bicyclic) bond motifs is 3. The highest BCUT2D eigenvalue weighted by Crippen LogP contribution is 2.44. The summed E-state index contributed by atoms with van der Waals surface area (Å²) < 4.78 is 187. The van der Waals surface area contributed by atoms with Crippen molar-refractivity contribution in [3.63, 3.8) is 0 Å². The lowest BCUT2D eigenvalue weighted by Gasteiger charge is -2.47. The molecule has 30 heavy (non-hydrogen) atoms. The number of nitrogens with zero attached hydrogens (tertiary/aromatic N) is 1. The smallest absolute Gasteiger partial charge is 0.323 e. The van der Waals surface area contributed by atoms with Crippen LogP contribution in [0.1, 0.15) is 85.0 Å². The predicted molar refractivity (Wildman–Crippen MR) is 118 cm³/mol. The normalized spacial score (nSPS) is 47.1. The summed E-state index contributed by atoms with van der Waals surface area (Å²) in [6, 6.07) is -6.72. The summed E-state index contributed by atoms with van der Waals surface area (Å²) in [4.78, 5) is 13.1. The zero-order valence-corrected chi connectivity index (χ0v) is 17.0. The van der Waals surface area contributed by atoms with Crippen LogP contribution in [0.4, 0.5) is 0 Å². The summed E-state index contributed by atoms with van der Waals surface area (Å²) in [5.74, 6) is -12.0. The first-order chi connectivity index (χ1) is 22.0. The minimum Gasteiger partial charge on any atom is -0.493 e. The molecule has 0 spiro atoms. The topological polar surface area (TPSA) is 74.0 Å². The van der Waals surface area contributed by atoms with Crippen LogP contribution in [-0.2, 0) is 15.9 Å². The number of carbonyl (C=O) groups is 1. The number of esters is 1. The van der Waals surface area contributed by atoms with Crippen molar-refractivity contribution in [1.29, 1.82) is 0 Å². The molecule has 4 unspecified atom stereocenters. The molecule has 168 valence electrons. The Morgan fingerprint density at radius 1 is 1.47 bits per heavy atom. The molecule has 6 heteroatoms. The van der Waals surface area contributed by atoms with Gasteiger partial charge in [-0.25, -0.2) is 0 Å². The molecule has 0 radical (unpaired) electrons. The summed E-state index contributed by atoms with van der Waals surface area (Å²) in [6.07, 6.45) is -14.7. The van der Waals surface area contributed by atoms with Crippen molar-refractivity contribution in [3.8, 4) is 11.5 Å². The molecule has 1 fully saturated rings. The molecule has 1 saturated heterocycles. The Bertz CT molecular complexity index is 1520. The third kappa shape index (κ3) is 4.75. The standard InChI is InChI=1S/C24H38N2O4/c1-14(2)9-17-13-26-8-7-16-10-21(28-5)22(29-6)11-18(16)19(26)12-20(17)30-24(27)23(25)15(3)4/h10-11,14-15,17,19-20,23H,7-9,12-13,25H2,1-6H3/t17?,19?,20?,23-/m0/s1/i1D3,5D3,7D2,8D2,9D2,10D,11D,12D2,13D2,14D,17D/t14?,17?,19?,20?,23-. The highest BCUT2D eigenvalue weighted by Gasteiger charge is 2.41. The SMILES string of the molecule is [2H]c1c(OC)c(OC([2H])([2H])[2H])c([2H])c2c1C1N(C([2H])([2H])C2([2H])[2H])C([2H])([2H])C([2H])(C([2H])([2H])C([2H])(C)C([2H])([2H])[2H])C(OC(=O)[C@@H](N)C(C)C)C1([2H])[2H]. The predicted octanol–water partition coefficient (Wildman–Crippen LogP) is 3.56. The molecule has 2 heterocycles. The molecule has 2 aliphatic heterocycles. The van der Waals surface area contributed by atoms with Crippen molar-refractivity contribution in [2.75, 3.05) is 27.1 Å². The summed E-state index contributed by atoms with van der Waals surface area (Å²) >= 11 is 0. The average Bonchev–Trinajstić information content (AvgIpc) is 2.92. The first-order valence-corrected chi connectivity index (χ1v) is 9.13. The zero-order valence-electron chi connectivity index (χ0n) is 37.0. The highest BCUT2D eigenvalue weighted by atomic mass is 16.5. The van der Waals surface area contributed by atoms with Crippen LogP contribution in [0, 0.1) is 17.7 Å². The summed E-state index contributed by atoms with van der Waals surface area (Å²) in [5.41, 5.74) is 3.65. The number of methoxy groups -OCH3 is 2. The number of nitrogens with two attached hydrogens (primary N) is 1. The van der Waals surface area contributed by atoms with Gasteiger partial charge in [0.15, 0.2) is 11.5 Å². The molecule has 5 atom stereocenters. The van der Waals surface area contributed by atoms with E-state index in [9.17, 15) is 11.6 Å². The van der Waals surface area contributed by atoms with Crippen molar-refractivity contribution >= 4 is 5.97 Å². The number of hydrogen-bond acceptors (Lipinski definition) is 6. The third-order valence-electron chi connectivity index (χ3n) is 4.46. The van der Waals surface area contributed by atoms with E-state index in [0.717, 1.165) is 7.11 Å². The Balaban J connectivity index is 2.67. The van der Waals surface area contributed by atoms with E-state index in [1.54, 1.807) is 0 Å². The monoisotopic (exact) mass is 438 g/mol. The van der Waals surface area contributed by atoms with Gasteiger partial charge >= 0.3 is 5.97 Å². The van der Waals surface area contributed by atoms with Gasteiger partial charge in [-0.05, 0) is 47.8 Å². The zero-order chi connectivity index (χ0) is 39.5. The molecule has 2 aliphatic rings. The quantitative estimate of drug-likeness (QED) is 0.656. The van der Waals surface area contributed by atoms with Gasteiger partial charge in [-0.1, -0.05) is 27.6 Å². The van der Waals surface area contributed by atoms with Crippen molar-refractivity contribution < 1.29 is 46.4 Å². The molecule has 0 bridgehead atoms. The van der Waals surface area contributed by atoms with Crippen molar-refractivity contribution in [1.82, 2.24) is 4.90 Å². The minimum atomic E-state index is -4.16. The van der Waals surface area contributed by atoms with Crippen LogP contribution in [0.15, 0.2) is 12.1 Å². The van der Waals surface area contributed by atoms with Gasteiger partial charge in [0, 0.05) is 51.9 Å². The maximum atomic E-state index is 13.3. The fourth-order valence-corrected chi connectivity index (χ4v) is 2.83. The van der Waals surface area contributed by atoms with Crippen LogP contribution in [0.3, 0.4) is 0 Å². The first kappa shape index (κ1) is 8.28. The number of piperidine rings is 1.